The highest BCUT2D eigenvalue weighted by Crippen LogP contribution is 2.24. The molecule has 35 heavy (non-hydrogen) atoms. The van der Waals surface area contributed by atoms with Gasteiger partial charge in [-0.25, -0.2) is 12.8 Å². The number of carbonyl (C=O) groups is 2. The zero-order valence-corrected chi connectivity index (χ0v) is 21.9. The number of rotatable bonds is 10. The van der Waals surface area contributed by atoms with Gasteiger partial charge in [0.2, 0.25) is 21.8 Å². The van der Waals surface area contributed by atoms with Crippen molar-refractivity contribution in [1.82, 2.24) is 10.2 Å². The average Bonchev–Trinajstić information content (AvgIpc) is 2.76. The van der Waals surface area contributed by atoms with Gasteiger partial charge < -0.3 is 15.0 Å². The molecule has 8 nitrogen and oxygen atoms in total. The molecule has 0 heterocycles. The second-order valence-electron chi connectivity index (χ2n) is 9.28. The third-order valence-corrected chi connectivity index (χ3v) is 6.31. The van der Waals surface area contributed by atoms with E-state index >= 15 is 0 Å². The van der Waals surface area contributed by atoms with Crippen LogP contribution in [-0.2, 0) is 26.2 Å². The Hall–Kier alpha value is -3.14. The summed E-state index contributed by atoms with van der Waals surface area (Å²) in [6.45, 7) is 6.75. The number of nitrogens with one attached hydrogen (secondary N) is 1. The minimum Gasteiger partial charge on any atom is -0.497 e. The van der Waals surface area contributed by atoms with Crippen LogP contribution in [0.5, 0.6) is 5.75 Å². The Balaban J connectivity index is 2.46. The van der Waals surface area contributed by atoms with Gasteiger partial charge in [-0.2, -0.15) is 0 Å². The van der Waals surface area contributed by atoms with E-state index in [4.69, 9.17) is 4.74 Å². The minimum atomic E-state index is -3.85. The van der Waals surface area contributed by atoms with Crippen molar-refractivity contribution in [1.29, 1.82) is 0 Å². The molecule has 0 saturated heterocycles. The second-order valence-corrected chi connectivity index (χ2v) is 11.2. The molecule has 1 N–H and O–H groups in total. The molecule has 192 valence electrons. The summed E-state index contributed by atoms with van der Waals surface area (Å²) in [5, 5.41) is 2.89. The van der Waals surface area contributed by atoms with Crippen molar-refractivity contribution in [3.63, 3.8) is 0 Å². The molecule has 0 saturated carbocycles. The van der Waals surface area contributed by atoms with Crippen LogP contribution in [0.4, 0.5) is 10.1 Å². The summed E-state index contributed by atoms with van der Waals surface area (Å²) in [4.78, 5) is 28.0. The van der Waals surface area contributed by atoms with Gasteiger partial charge >= 0.3 is 0 Å². The SMILES string of the molecule is CC[C@H](C(=O)NC(C)(C)C)N(Cc1ccc(F)cc1)C(=O)CN(c1cccc(OC)c1)S(C)(=O)=O. The Morgan fingerprint density at radius 1 is 1.11 bits per heavy atom. The first-order chi connectivity index (χ1) is 16.2. The number of carbonyl (C=O) groups excluding carboxylic acids is 2. The molecule has 2 rings (SSSR count). The Morgan fingerprint density at radius 3 is 2.26 bits per heavy atom. The molecule has 0 aliphatic rings. The number of sulfonamides is 1. The predicted molar refractivity (Wildman–Crippen MR) is 134 cm³/mol. The summed E-state index contributed by atoms with van der Waals surface area (Å²) in [5.74, 6) is -0.922. The quantitative estimate of drug-likeness (QED) is 0.532. The van der Waals surface area contributed by atoms with Crippen LogP contribution in [0.1, 0.15) is 39.7 Å². The van der Waals surface area contributed by atoms with Crippen LogP contribution in [0.25, 0.3) is 0 Å². The monoisotopic (exact) mass is 507 g/mol. The first-order valence-corrected chi connectivity index (χ1v) is 13.1. The van der Waals surface area contributed by atoms with Gasteiger partial charge in [0.25, 0.3) is 0 Å². The average molecular weight is 508 g/mol. The predicted octanol–water partition coefficient (Wildman–Crippen LogP) is 3.32. The topological polar surface area (TPSA) is 96.0 Å². The largest absolute Gasteiger partial charge is 0.497 e. The van der Waals surface area contributed by atoms with Crippen molar-refractivity contribution < 1.29 is 27.1 Å². The summed E-state index contributed by atoms with van der Waals surface area (Å²) in [6, 6.07) is 11.1. The van der Waals surface area contributed by atoms with Gasteiger partial charge in [0.05, 0.1) is 19.1 Å². The molecule has 2 aromatic rings. The van der Waals surface area contributed by atoms with E-state index in [1.807, 2.05) is 20.8 Å². The molecular weight excluding hydrogens is 473 g/mol. The van der Waals surface area contributed by atoms with Gasteiger partial charge in [-0.3, -0.25) is 13.9 Å². The number of hydrogen-bond acceptors (Lipinski definition) is 5. The van der Waals surface area contributed by atoms with Gasteiger partial charge in [-0.1, -0.05) is 25.1 Å². The van der Waals surface area contributed by atoms with Crippen molar-refractivity contribution in [2.24, 2.45) is 0 Å². The smallest absolute Gasteiger partial charge is 0.244 e. The van der Waals surface area contributed by atoms with Gasteiger partial charge in [0.15, 0.2) is 0 Å². The van der Waals surface area contributed by atoms with Crippen LogP contribution < -0.4 is 14.4 Å². The summed E-state index contributed by atoms with van der Waals surface area (Å²) < 4.78 is 44.9. The fourth-order valence-electron chi connectivity index (χ4n) is 3.54. The normalized spacial score (nSPS) is 12.5. The lowest BCUT2D eigenvalue weighted by Gasteiger charge is -2.34. The third kappa shape index (κ3) is 8.24. The minimum absolute atomic E-state index is 0.00486. The fourth-order valence-corrected chi connectivity index (χ4v) is 4.38. The third-order valence-electron chi connectivity index (χ3n) is 5.17. The van der Waals surface area contributed by atoms with E-state index in [1.165, 1.54) is 42.3 Å². The van der Waals surface area contributed by atoms with Gasteiger partial charge in [0, 0.05) is 18.2 Å². The van der Waals surface area contributed by atoms with Gasteiger partial charge in [0.1, 0.15) is 24.2 Å². The standard InChI is InChI=1S/C25H34FN3O5S/c1-7-22(24(31)27-25(2,3)4)28(16-18-11-13-19(26)14-12-18)23(30)17-29(35(6,32)33)20-9-8-10-21(15-20)34-5/h8-15,22H,7,16-17H2,1-6H3,(H,27,31)/t22-/m1/s1. The lowest BCUT2D eigenvalue weighted by Crippen LogP contribution is -2.55. The number of ether oxygens (including phenoxy) is 1. The lowest BCUT2D eigenvalue weighted by molar-refractivity contribution is -0.141. The van der Waals surface area contributed by atoms with Crippen LogP contribution in [-0.4, -0.2) is 56.6 Å². The van der Waals surface area contributed by atoms with Crippen molar-refractivity contribution in [3.8, 4) is 5.75 Å². The van der Waals surface area contributed by atoms with Crippen molar-refractivity contribution in [2.75, 3.05) is 24.2 Å². The molecule has 1 atom stereocenters. The van der Waals surface area contributed by atoms with E-state index in [2.05, 4.69) is 5.32 Å². The van der Waals surface area contributed by atoms with Gasteiger partial charge in [-0.05, 0) is 57.0 Å². The second kappa shape index (κ2) is 11.5. The van der Waals surface area contributed by atoms with E-state index < -0.39 is 39.9 Å². The fraction of sp³-hybridized carbons (Fsp3) is 0.440. The molecule has 0 fully saturated rings. The molecular formula is C25H34FN3O5S. The number of amides is 2. The number of hydrogen-bond donors (Lipinski definition) is 1. The van der Waals surface area contributed by atoms with E-state index in [9.17, 15) is 22.4 Å². The van der Waals surface area contributed by atoms with Crippen molar-refractivity contribution in [3.05, 3.63) is 59.9 Å². The molecule has 2 aromatic carbocycles. The van der Waals surface area contributed by atoms with Crippen molar-refractivity contribution >= 4 is 27.5 Å². The number of nitrogens with zero attached hydrogens (tertiary/aromatic N) is 2. The maximum Gasteiger partial charge on any atom is 0.244 e. The van der Waals surface area contributed by atoms with Crippen LogP contribution in [0.2, 0.25) is 0 Å². The molecule has 0 unspecified atom stereocenters. The number of methoxy groups -OCH3 is 1. The van der Waals surface area contributed by atoms with Crippen LogP contribution in [0.15, 0.2) is 48.5 Å². The Bertz CT molecular complexity index is 1130. The maximum atomic E-state index is 13.6. The zero-order valence-electron chi connectivity index (χ0n) is 21.0. The number of anilines is 1. The first-order valence-electron chi connectivity index (χ1n) is 11.2. The summed E-state index contributed by atoms with van der Waals surface area (Å²) in [5.41, 5.74) is 0.331. The van der Waals surface area contributed by atoms with Crippen LogP contribution in [0, 0.1) is 5.82 Å². The molecule has 0 radical (unpaired) electrons. The highest BCUT2D eigenvalue weighted by Gasteiger charge is 2.33. The summed E-state index contributed by atoms with van der Waals surface area (Å²) >= 11 is 0. The van der Waals surface area contributed by atoms with Crippen LogP contribution >= 0.6 is 0 Å². The molecule has 2 amide bonds. The summed E-state index contributed by atoms with van der Waals surface area (Å²) in [6.07, 6.45) is 1.31. The first kappa shape index (κ1) is 28.1. The van der Waals surface area contributed by atoms with E-state index in [0.29, 0.717) is 17.7 Å². The Labute approximate surface area is 207 Å². The zero-order chi connectivity index (χ0) is 26.4. The maximum absolute atomic E-state index is 13.6. The number of benzene rings is 2. The van der Waals surface area contributed by atoms with E-state index in [1.54, 1.807) is 25.1 Å². The van der Waals surface area contributed by atoms with Gasteiger partial charge in [-0.15, -0.1) is 0 Å². The highest BCUT2D eigenvalue weighted by atomic mass is 32.2. The van der Waals surface area contributed by atoms with Crippen LogP contribution in [0.3, 0.4) is 0 Å². The summed E-state index contributed by atoms with van der Waals surface area (Å²) in [7, 11) is -2.39. The Kier molecular flexibility index (Phi) is 9.25. The number of halogens is 1. The molecule has 0 spiro atoms. The molecule has 0 bridgehead atoms. The lowest BCUT2D eigenvalue weighted by atomic mass is 10.1. The Morgan fingerprint density at radius 2 is 1.74 bits per heavy atom. The molecule has 0 aliphatic heterocycles. The van der Waals surface area contributed by atoms with E-state index in [0.717, 1.165) is 10.6 Å². The molecule has 10 heteroatoms. The molecule has 0 aromatic heterocycles. The van der Waals surface area contributed by atoms with E-state index in [-0.39, 0.29) is 18.1 Å². The van der Waals surface area contributed by atoms with Crippen molar-refractivity contribution in [2.45, 2.75) is 52.2 Å². The molecule has 0 aliphatic carbocycles. The highest BCUT2D eigenvalue weighted by molar-refractivity contribution is 7.92.